The lowest BCUT2D eigenvalue weighted by molar-refractivity contribution is 0.0679. The van der Waals surface area contributed by atoms with Crippen molar-refractivity contribution in [3.05, 3.63) is 36.1 Å². The molecule has 1 saturated heterocycles. The van der Waals surface area contributed by atoms with E-state index in [4.69, 9.17) is 10.2 Å². The van der Waals surface area contributed by atoms with Crippen LogP contribution in [-0.2, 0) is 0 Å². The van der Waals surface area contributed by atoms with Crippen LogP contribution in [0.2, 0.25) is 0 Å². The molecule has 2 aromatic rings. The number of nitrogens with two attached hydrogens (primary N) is 1. The second-order valence-corrected chi connectivity index (χ2v) is 5.14. The second kappa shape index (κ2) is 5.05. The monoisotopic (exact) mass is 258 g/mol. The van der Waals surface area contributed by atoms with Gasteiger partial charge in [-0.25, -0.2) is 0 Å². The molecular formula is C15H18N2O2. The average Bonchev–Trinajstić information content (AvgIpc) is 2.90. The number of fused-ring (bicyclic) bond motifs is 1. The molecule has 0 spiro atoms. The molecule has 0 bridgehead atoms. The van der Waals surface area contributed by atoms with Crippen molar-refractivity contribution in [1.29, 1.82) is 0 Å². The molecule has 1 aromatic heterocycles. The molecule has 2 N–H and O–H groups in total. The summed E-state index contributed by atoms with van der Waals surface area (Å²) in [4.78, 5) is 14.5. The molecule has 3 rings (SSSR count). The van der Waals surface area contributed by atoms with Gasteiger partial charge in [0.25, 0.3) is 5.91 Å². The highest BCUT2D eigenvalue weighted by atomic mass is 16.3. The van der Waals surface area contributed by atoms with Crippen molar-refractivity contribution >= 4 is 16.9 Å². The van der Waals surface area contributed by atoms with Crippen LogP contribution in [0.15, 0.2) is 34.9 Å². The highest BCUT2D eigenvalue weighted by Gasteiger charge is 2.25. The first-order chi connectivity index (χ1) is 9.29. The van der Waals surface area contributed by atoms with Crippen LogP contribution >= 0.6 is 0 Å². The first kappa shape index (κ1) is 12.2. The van der Waals surface area contributed by atoms with Crippen molar-refractivity contribution in [3.8, 4) is 0 Å². The number of furan rings is 1. The van der Waals surface area contributed by atoms with Gasteiger partial charge in [-0.2, -0.15) is 0 Å². The normalized spacial score (nSPS) is 19.8. The van der Waals surface area contributed by atoms with Crippen LogP contribution in [0.5, 0.6) is 0 Å². The minimum absolute atomic E-state index is 0.0584. The molecule has 0 radical (unpaired) electrons. The Labute approximate surface area is 112 Å². The highest BCUT2D eigenvalue weighted by molar-refractivity contribution is 6.05. The van der Waals surface area contributed by atoms with Gasteiger partial charge in [0.15, 0.2) is 0 Å². The molecule has 100 valence electrons. The largest absolute Gasteiger partial charge is 0.463 e. The third-order valence-corrected chi connectivity index (χ3v) is 3.85. The van der Waals surface area contributed by atoms with E-state index in [9.17, 15) is 4.79 Å². The maximum absolute atomic E-state index is 12.6. The smallest absolute Gasteiger partial charge is 0.257 e. The number of likely N-dealkylation sites (tertiary alicyclic amines) is 1. The molecule has 1 fully saturated rings. The Hall–Kier alpha value is -1.81. The zero-order chi connectivity index (χ0) is 13.2. The zero-order valence-corrected chi connectivity index (χ0v) is 10.8. The van der Waals surface area contributed by atoms with E-state index in [1.54, 1.807) is 6.26 Å². The van der Waals surface area contributed by atoms with Crippen LogP contribution in [0.3, 0.4) is 0 Å². The van der Waals surface area contributed by atoms with E-state index in [0.29, 0.717) is 18.0 Å². The summed E-state index contributed by atoms with van der Waals surface area (Å²) in [6, 6.07) is 7.64. The lowest BCUT2D eigenvalue weighted by Gasteiger charge is -2.31. The van der Waals surface area contributed by atoms with E-state index >= 15 is 0 Å². The standard InChI is InChI=1S/C15H18N2O2/c16-8-11-4-3-7-17(9-11)15(18)13-10-19-14-6-2-1-5-12(13)14/h1-2,5-6,10-11H,3-4,7-9,16H2. The maximum atomic E-state index is 12.6. The second-order valence-electron chi connectivity index (χ2n) is 5.14. The van der Waals surface area contributed by atoms with Gasteiger partial charge in [0.1, 0.15) is 11.8 Å². The van der Waals surface area contributed by atoms with Gasteiger partial charge >= 0.3 is 0 Å². The van der Waals surface area contributed by atoms with E-state index in [0.717, 1.165) is 36.9 Å². The first-order valence-electron chi connectivity index (χ1n) is 6.75. The van der Waals surface area contributed by atoms with E-state index < -0.39 is 0 Å². The van der Waals surface area contributed by atoms with E-state index in [1.165, 1.54) is 0 Å². The molecule has 1 aromatic carbocycles. The third-order valence-electron chi connectivity index (χ3n) is 3.85. The number of carbonyl (C=O) groups is 1. The van der Waals surface area contributed by atoms with Crippen molar-refractivity contribution in [2.75, 3.05) is 19.6 Å². The van der Waals surface area contributed by atoms with Gasteiger partial charge in [0.05, 0.1) is 5.56 Å². The summed E-state index contributed by atoms with van der Waals surface area (Å²) < 4.78 is 5.44. The Morgan fingerprint density at radius 2 is 2.26 bits per heavy atom. The lowest BCUT2D eigenvalue weighted by atomic mass is 9.97. The summed E-state index contributed by atoms with van der Waals surface area (Å²) >= 11 is 0. The summed E-state index contributed by atoms with van der Waals surface area (Å²) in [5, 5.41) is 0.891. The minimum atomic E-state index is 0.0584. The predicted octanol–water partition coefficient (Wildman–Crippen LogP) is 2.24. The Kier molecular flexibility index (Phi) is 3.25. The Morgan fingerprint density at radius 3 is 3.11 bits per heavy atom. The van der Waals surface area contributed by atoms with Gasteiger partial charge < -0.3 is 15.1 Å². The molecule has 1 amide bonds. The van der Waals surface area contributed by atoms with Crippen molar-refractivity contribution in [3.63, 3.8) is 0 Å². The third kappa shape index (κ3) is 2.24. The molecule has 1 aliphatic rings. The van der Waals surface area contributed by atoms with Crippen molar-refractivity contribution < 1.29 is 9.21 Å². The fourth-order valence-electron chi connectivity index (χ4n) is 2.76. The number of nitrogens with zero attached hydrogens (tertiary/aromatic N) is 1. The number of amides is 1. The fraction of sp³-hybridized carbons (Fsp3) is 0.400. The molecule has 19 heavy (non-hydrogen) atoms. The summed E-state index contributed by atoms with van der Waals surface area (Å²) in [7, 11) is 0. The van der Waals surface area contributed by atoms with E-state index in [2.05, 4.69) is 0 Å². The number of hydrogen-bond donors (Lipinski definition) is 1. The number of benzene rings is 1. The molecule has 1 atom stereocenters. The molecule has 1 aliphatic heterocycles. The lowest BCUT2D eigenvalue weighted by Crippen LogP contribution is -2.41. The number of rotatable bonds is 2. The molecule has 0 aliphatic carbocycles. The topological polar surface area (TPSA) is 59.5 Å². The Bertz CT molecular complexity index is 591. The van der Waals surface area contributed by atoms with Gasteiger partial charge in [-0.05, 0) is 31.4 Å². The summed E-state index contributed by atoms with van der Waals surface area (Å²) in [5.41, 5.74) is 7.14. The quantitative estimate of drug-likeness (QED) is 0.898. The van der Waals surface area contributed by atoms with E-state index in [-0.39, 0.29) is 5.91 Å². The number of hydrogen-bond acceptors (Lipinski definition) is 3. The van der Waals surface area contributed by atoms with Crippen LogP contribution in [0.25, 0.3) is 11.0 Å². The SMILES string of the molecule is NCC1CCCN(C(=O)c2coc3ccccc23)C1. The van der Waals surface area contributed by atoms with E-state index in [1.807, 2.05) is 29.2 Å². The number of piperidine rings is 1. The van der Waals surface area contributed by atoms with Gasteiger partial charge in [-0.15, -0.1) is 0 Å². The summed E-state index contributed by atoms with van der Waals surface area (Å²) in [5.74, 6) is 0.485. The first-order valence-corrected chi connectivity index (χ1v) is 6.75. The maximum Gasteiger partial charge on any atom is 0.257 e. The summed E-state index contributed by atoms with van der Waals surface area (Å²) in [6.45, 7) is 2.22. The molecule has 4 heteroatoms. The Balaban J connectivity index is 1.87. The van der Waals surface area contributed by atoms with Crippen LogP contribution in [-0.4, -0.2) is 30.4 Å². The van der Waals surface area contributed by atoms with Gasteiger partial charge in [-0.1, -0.05) is 18.2 Å². The predicted molar refractivity (Wildman–Crippen MR) is 73.9 cm³/mol. The highest BCUT2D eigenvalue weighted by Crippen LogP contribution is 2.24. The van der Waals surface area contributed by atoms with Crippen LogP contribution in [0.4, 0.5) is 0 Å². The van der Waals surface area contributed by atoms with Crippen LogP contribution < -0.4 is 5.73 Å². The number of para-hydroxylation sites is 1. The van der Waals surface area contributed by atoms with Crippen LogP contribution in [0, 0.1) is 5.92 Å². The van der Waals surface area contributed by atoms with Crippen molar-refractivity contribution in [2.24, 2.45) is 11.7 Å². The van der Waals surface area contributed by atoms with Crippen molar-refractivity contribution in [1.82, 2.24) is 4.90 Å². The van der Waals surface area contributed by atoms with Gasteiger partial charge in [0.2, 0.25) is 0 Å². The van der Waals surface area contributed by atoms with Gasteiger partial charge in [-0.3, -0.25) is 4.79 Å². The fourth-order valence-corrected chi connectivity index (χ4v) is 2.76. The average molecular weight is 258 g/mol. The van der Waals surface area contributed by atoms with Crippen LogP contribution in [0.1, 0.15) is 23.2 Å². The summed E-state index contributed by atoms with van der Waals surface area (Å²) in [6.07, 6.45) is 3.72. The molecule has 4 nitrogen and oxygen atoms in total. The molecular weight excluding hydrogens is 240 g/mol. The molecule has 2 heterocycles. The zero-order valence-electron chi connectivity index (χ0n) is 10.8. The number of carbonyl (C=O) groups excluding carboxylic acids is 1. The van der Waals surface area contributed by atoms with Gasteiger partial charge in [0, 0.05) is 18.5 Å². The molecule has 0 saturated carbocycles. The Morgan fingerprint density at radius 1 is 1.42 bits per heavy atom. The minimum Gasteiger partial charge on any atom is -0.463 e. The molecule has 1 unspecified atom stereocenters. The van der Waals surface area contributed by atoms with Crippen molar-refractivity contribution in [2.45, 2.75) is 12.8 Å².